The molecule has 1 aliphatic heterocycles. The molecule has 2 atom stereocenters. The topological polar surface area (TPSA) is 70.7 Å². The molecule has 6 heteroatoms. The molecule has 1 fully saturated rings. The fourth-order valence-electron chi connectivity index (χ4n) is 3.71. The maximum Gasteiger partial charge on any atom is 0.329 e. The van der Waals surface area contributed by atoms with E-state index in [0.717, 1.165) is 37.2 Å². The Hall–Kier alpha value is -2.34. The first-order valence-corrected chi connectivity index (χ1v) is 9.33. The van der Waals surface area contributed by atoms with Gasteiger partial charge in [0.2, 0.25) is 5.91 Å². The van der Waals surface area contributed by atoms with Crippen molar-refractivity contribution in [3.63, 3.8) is 0 Å². The molecule has 1 amide bonds. The summed E-state index contributed by atoms with van der Waals surface area (Å²) in [6.45, 7) is 3.45. The zero-order chi connectivity index (χ0) is 18.4. The fraction of sp³-hybridized carbons (Fsp3) is 0.500. The molecule has 0 spiro atoms. The largest absolute Gasteiger partial charge is 0.351 e. The summed E-state index contributed by atoms with van der Waals surface area (Å²) in [6, 6.07) is 10.0. The van der Waals surface area contributed by atoms with Crippen molar-refractivity contribution in [1.29, 1.82) is 0 Å². The Morgan fingerprint density at radius 3 is 2.62 bits per heavy atom. The van der Waals surface area contributed by atoms with E-state index in [2.05, 4.69) is 21.8 Å². The molecule has 2 N–H and O–H groups in total. The van der Waals surface area contributed by atoms with Crippen molar-refractivity contribution in [2.45, 2.75) is 51.1 Å². The van der Waals surface area contributed by atoms with Crippen molar-refractivity contribution in [3.8, 4) is 0 Å². The maximum atomic E-state index is 12.5. The van der Waals surface area contributed by atoms with Crippen LogP contribution in [-0.4, -0.2) is 41.9 Å². The van der Waals surface area contributed by atoms with Gasteiger partial charge >= 0.3 is 5.97 Å². The summed E-state index contributed by atoms with van der Waals surface area (Å²) in [5.74, 6) is -0.308. The van der Waals surface area contributed by atoms with Gasteiger partial charge in [-0.2, -0.15) is 0 Å². The first kappa shape index (κ1) is 18.5. The number of rotatable bonds is 6. The van der Waals surface area contributed by atoms with Crippen LogP contribution in [0.4, 0.5) is 0 Å². The molecule has 0 radical (unpaired) electrons. The molecule has 1 saturated heterocycles. The zero-order valence-corrected chi connectivity index (χ0v) is 15.2. The van der Waals surface area contributed by atoms with Gasteiger partial charge in [-0.05, 0) is 50.4 Å². The second-order valence-corrected chi connectivity index (χ2v) is 7.00. The molecular weight excluding hydrogens is 330 g/mol. The maximum absolute atomic E-state index is 12.5. The Bertz CT molecular complexity index is 654. The lowest BCUT2D eigenvalue weighted by atomic mass is 9.93. The van der Waals surface area contributed by atoms with Crippen LogP contribution in [0.2, 0.25) is 0 Å². The SMILES string of the molecule is CC(=O)ONC1=CC(N2CCCC2)C(NC(=O)Cc2ccccc2)CC1. The van der Waals surface area contributed by atoms with Crippen LogP contribution in [0.1, 0.15) is 38.2 Å². The van der Waals surface area contributed by atoms with Gasteiger partial charge in [-0.3, -0.25) is 14.5 Å². The van der Waals surface area contributed by atoms with Crippen LogP contribution in [0.25, 0.3) is 0 Å². The van der Waals surface area contributed by atoms with Gasteiger partial charge in [-0.15, -0.1) is 0 Å². The molecule has 2 unspecified atom stereocenters. The number of carbonyl (C=O) groups is 2. The predicted molar refractivity (Wildman–Crippen MR) is 98.9 cm³/mol. The number of hydrogen-bond donors (Lipinski definition) is 2. The Labute approximate surface area is 154 Å². The van der Waals surface area contributed by atoms with E-state index in [1.165, 1.54) is 19.8 Å². The summed E-state index contributed by atoms with van der Waals surface area (Å²) in [6.07, 6.45) is 6.43. The van der Waals surface area contributed by atoms with Crippen molar-refractivity contribution in [3.05, 3.63) is 47.7 Å². The van der Waals surface area contributed by atoms with Crippen LogP contribution in [0, 0.1) is 0 Å². The minimum Gasteiger partial charge on any atom is -0.351 e. The highest BCUT2D eigenvalue weighted by Crippen LogP contribution is 2.24. The lowest BCUT2D eigenvalue weighted by Crippen LogP contribution is -2.52. The Kier molecular flexibility index (Phi) is 6.28. The molecule has 1 heterocycles. The molecule has 0 aromatic heterocycles. The zero-order valence-electron chi connectivity index (χ0n) is 15.2. The molecule has 1 aliphatic carbocycles. The number of nitrogens with one attached hydrogen (secondary N) is 2. The molecule has 1 aromatic carbocycles. The van der Waals surface area contributed by atoms with Gasteiger partial charge in [0, 0.05) is 18.7 Å². The summed E-state index contributed by atoms with van der Waals surface area (Å²) in [5, 5.41) is 3.22. The van der Waals surface area contributed by atoms with E-state index in [4.69, 9.17) is 4.84 Å². The van der Waals surface area contributed by atoms with Gasteiger partial charge in [0.05, 0.1) is 12.5 Å². The van der Waals surface area contributed by atoms with Gasteiger partial charge in [-0.1, -0.05) is 30.3 Å². The quantitative estimate of drug-likeness (QED) is 0.761. The Morgan fingerprint density at radius 2 is 1.92 bits per heavy atom. The average Bonchev–Trinajstić information content (AvgIpc) is 3.16. The molecule has 2 aliphatic rings. The average molecular weight is 357 g/mol. The van der Waals surface area contributed by atoms with Crippen molar-refractivity contribution in [2.75, 3.05) is 13.1 Å². The third-order valence-corrected chi connectivity index (χ3v) is 4.95. The van der Waals surface area contributed by atoms with Gasteiger partial charge < -0.3 is 10.2 Å². The van der Waals surface area contributed by atoms with Crippen LogP contribution in [0.15, 0.2) is 42.1 Å². The van der Waals surface area contributed by atoms with Crippen LogP contribution in [0.5, 0.6) is 0 Å². The van der Waals surface area contributed by atoms with Crippen LogP contribution in [-0.2, 0) is 20.8 Å². The van der Waals surface area contributed by atoms with Crippen molar-refractivity contribution in [2.24, 2.45) is 0 Å². The molecule has 1 aromatic rings. The highest BCUT2D eigenvalue weighted by atomic mass is 16.7. The summed E-state index contributed by atoms with van der Waals surface area (Å²) < 4.78 is 0. The molecular formula is C20H27N3O3. The van der Waals surface area contributed by atoms with E-state index < -0.39 is 0 Å². The van der Waals surface area contributed by atoms with E-state index in [0.29, 0.717) is 6.42 Å². The molecule has 0 bridgehead atoms. The standard InChI is InChI=1S/C20H27N3O3/c1-15(24)26-22-17-9-10-18(19(14-17)23-11-5-6-12-23)21-20(25)13-16-7-3-2-4-8-16/h2-4,7-8,14,18-19,22H,5-6,9-13H2,1H3,(H,21,25). The minimum absolute atomic E-state index is 0.0511. The Morgan fingerprint density at radius 1 is 1.19 bits per heavy atom. The van der Waals surface area contributed by atoms with Crippen LogP contribution >= 0.6 is 0 Å². The number of carbonyl (C=O) groups excluding carboxylic acids is 2. The summed E-state index contributed by atoms with van der Waals surface area (Å²) in [7, 11) is 0. The van der Waals surface area contributed by atoms with E-state index in [9.17, 15) is 9.59 Å². The monoisotopic (exact) mass is 357 g/mol. The molecule has 0 saturated carbocycles. The van der Waals surface area contributed by atoms with E-state index >= 15 is 0 Å². The van der Waals surface area contributed by atoms with E-state index in [1.54, 1.807) is 0 Å². The summed E-state index contributed by atoms with van der Waals surface area (Å²) >= 11 is 0. The van der Waals surface area contributed by atoms with E-state index in [-0.39, 0.29) is 24.0 Å². The number of amides is 1. The first-order valence-electron chi connectivity index (χ1n) is 9.33. The first-order chi connectivity index (χ1) is 12.6. The van der Waals surface area contributed by atoms with Crippen molar-refractivity contribution >= 4 is 11.9 Å². The number of nitrogens with zero attached hydrogens (tertiary/aromatic N) is 1. The number of likely N-dealkylation sites (tertiary alicyclic amines) is 1. The third kappa shape index (κ3) is 5.08. The fourth-order valence-corrected chi connectivity index (χ4v) is 3.71. The van der Waals surface area contributed by atoms with Crippen molar-refractivity contribution < 1.29 is 14.4 Å². The van der Waals surface area contributed by atoms with Crippen molar-refractivity contribution in [1.82, 2.24) is 15.7 Å². The van der Waals surface area contributed by atoms with E-state index in [1.807, 2.05) is 30.3 Å². The number of hydrogen-bond acceptors (Lipinski definition) is 5. The summed E-state index contributed by atoms with van der Waals surface area (Å²) in [4.78, 5) is 30.9. The minimum atomic E-state index is -0.359. The summed E-state index contributed by atoms with van der Waals surface area (Å²) in [5.41, 5.74) is 4.69. The second kappa shape index (κ2) is 8.85. The van der Waals surface area contributed by atoms with Crippen LogP contribution in [0.3, 0.4) is 0 Å². The Balaban J connectivity index is 1.64. The highest BCUT2D eigenvalue weighted by Gasteiger charge is 2.32. The smallest absolute Gasteiger partial charge is 0.329 e. The number of allylic oxidation sites excluding steroid dienone is 1. The molecule has 3 rings (SSSR count). The normalized spacial score (nSPS) is 23.2. The van der Waals surface area contributed by atoms with Gasteiger partial charge in [0.25, 0.3) is 0 Å². The number of benzene rings is 1. The lowest BCUT2D eigenvalue weighted by Gasteiger charge is -2.36. The second-order valence-electron chi connectivity index (χ2n) is 7.00. The highest BCUT2D eigenvalue weighted by molar-refractivity contribution is 5.79. The van der Waals surface area contributed by atoms with Crippen LogP contribution < -0.4 is 10.8 Å². The number of hydroxylamine groups is 1. The van der Waals surface area contributed by atoms with Gasteiger partial charge in [-0.25, -0.2) is 5.48 Å². The van der Waals surface area contributed by atoms with Gasteiger partial charge in [0.15, 0.2) is 0 Å². The third-order valence-electron chi connectivity index (χ3n) is 4.95. The lowest BCUT2D eigenvalue weighted by molar-refractivity contribution is -0.146. The molecule has 26 heavy (non-hydrogen) atoms. The molecule has 140 valence electrons. The van der Waals surface area contributed by atoms with Gasteiger partial charge in [0.1, 0.15) is 0 Å². The predicted octanol–water partition coefficient (Wildman–Crippen LogP) is 1.92. The molecule has 6 nitrogen and oxygen atoms in total.